The van der Waals surface area contributed by atoms with E-state index >= 15 is 0 Å². The number of hydrogen-bond donors (Lipinski definition) is 1. The van der Waals surface area contributed by atoms with Gasteiger partial charge in [0.2, 0.25) is 0 Å². The SMILES string of the molecule is CC(C)(C)OC(=O)N(CCC1CCCCC1)c1cccc(CO)n1. The molecular formula is C19H30N2O3. The molecule has 0 saturated heterocycles. The second-order valence-corrected chi connectivity index (χ2v) is 7.57. The minimum Gasteiger partial charge on any atom is -0.443 e. The third kappa shape index (κ3) is 5.78. The quantitative estimate of drug-likeness (QED) is 0.872. The summed E-state index contributed by atoms with van der Waals surface area (Å²) in [6.07, 6.45) is 6.97. The molecule has 0 spiro atoms. The van der Waals surface area contributed by atoms with Crippen molar-refractivity contribution in [2.24, 2.45) is 5.92 Å². The van der Waals surface area contributed by atoms with Crippen LogP contribution in [-0.2, 0) is 11.3 Å². The van der Waals surface area contributed by atoms with Crippen LogP contribution in [0.2, 0.25) is 0 Å². The zero-order chi connectivity index (χ0) is 17.6. The molecule has 1 amide bonds. The van der Waals surface area contributed by atoms with Gasteiger partial charge in [-0.1, -0.05) is 38.2 Å². The summed E-state index contributed by atoms with van der Waals surface area (Å²) in [5.74, 6) is 1.22. The molecule has 1 aromatic rings. The Labute approximate surface area is 145 Å². The van der Waals surface area contributed by atoms with Crippen molar-refractivity contribution >= 4 is 11.9 Å². The van der Waals surface area contributed by atoms with Crippen molar-refractivity contribution in [1.29, 1.82) is 0 Å². The van der Waals surface area contributed by atoms with Gasteiger partial charge in [0.1, 0.15) is 11.4 Å². The monoisotopic (exact) mass is 334 g/mol. The molecule has 5 nitrogen and oxygen atoms in total. The van der Waals surface area contributed by atoms with Crippen molar-refractivity contribution in [1.82, 2.24) is 4.98 Å². The van der Waals surface area contributed by atoms with Gasteiger partial charge in [-0.15, -0.1) is 0 Å². The lowest BCUT2D eigenvalue weighted by Crippen LogP contribution is -2.38. The number of anilines is 1. The van der Waals surface area contributed by atoms with Gasteiger partial charge >= 0.3 is 6.09 Å². The predicted molar refractivity (Wildman–Crippen MR) is 94.9 cm³/mol. The van der Waals surface area contributed by atoms with E-state index in [1.54, 1.807) is 17.0 Å². The smallest absolute Gasteiger partial charge is 0.416 e. The molecule has 1 aliphatic carbocycles. The number of nitrogens with zero attached hydrogens (tertiary/aromatic N) is 2. The third-order valence-corrected chi connectivity index (χ3v) is 4.33. The van der Waals surface area contributed by atoms with Crippen LogP contribution in [0.1, 0.15) is 65.0 Å². The first-order valence-electron chi connectivity index (χ1n) is 8.96. The lowest BCUT2D eigenvalue weighted by molar-refractivity contribution is 0.0576. The van der Waals surface area contributed by atoms with Crippen molar-refractivity contribution in [3.63, 3.8) is 0 Å². The molecule has 0 radical (unpaired) electrons. The van der Waals surface area contributed by atoms with E-state index in [0.29, 0.717) is 24.0 Å². The standard InChI is InChI=1S/C19H30N2O3/c1-19(2,3)24-18(23)21(13-12-15-8-5-4-6-9-15)17-11-7-10-16(14-22)20-17/h7,10-11,15,22H,4-6,8-9,12-14H2,1-3H3. The summed E-state index contributed by atoms with van der Waals surface area (Å²) in [6, 6.07) is 5.35. The van der Waals surface area contributed by atoms with Gasteiger partial charge in [0.25, 0.3) is 0 Å². The molecule has 24 heavy (non-hydrogen) atoms. The van der Waals surface area contributed by atoms with Gasteiger partial charge < -0.3 is 9.84 Å². The lowest BCUT2D eigenvalue weighted by atomic mass is 9.87. The summed E-state index contributed by atoms with van der Waals surface area (Å²) in [6.45, 7) is 6.05. The van der Waals surface area contributed by atoms with Crippen LogP contribution in [0.4, 0.5) is 10.6 Å². The molecule has 5 heteroatoms. The third-order valence-electron chi connectivity index (χ3n) is 4.33. The summed E-state index contributed by atoms with van der Waals surface area (Å²) in [7, 11) is 0. The Morgan fingerprint density at radius 3 is 2.62 bits per heavy atom. The van der Waals surface area contributed by atoms with Crippen LogP contribution < -0.4 is 4.90 Å². The fourth-order valence-corrected chi connectivity index (χ4v) is 3.11. The predicted octanol–water partition coefficient (Wildman–Crippen LogP) is 4.29. The van der Waals surface area contributed by atoms with E-state index in [1.165, 1.54) is 32.1 Å². The first kappa shape index (κ1) is 18.7. The number of ether oxygens (including phenoxy) is 1. The van der Waals surface area contributed by atoms with Gasteiger partial charge in [0.05, 0.1) is 12.3 Å². The molecule has 1 aromatic heterocycles. The van der Waals surface area contributed by atoms with Crippen LogP contribution in [0.15, 0.2) is 18.2 Å². The van der Waals surface area contributed by atoms with Gasteiger partial charge in [-0.2, -0.15) is 0 Å². The van der Waals surface area contributed by atoms with Crippen LogP contribution >= 0.6 is 0 Å². The molecule has 2 rings (SSSR count). The van der Waals surface area contributed by atoms with Crippen molar-refractivity contribution in [2.45, 2.75) is 71.5 Å². The number of amides is 1. The maximum Gasteiger partial charge on any atom is 0.416 e. The number of aromatic nitrogens is 1. The van der Waals surface area contributed by atoms with Crippen LogP contribution in [0.3, 0.4) is 0 Å². The van der Waals surface area contributed by atoms with Crippen LogP contribution in [-0.4, -0.2) is 28.3 Å². The molecule has 0 bridgehead atoms. The minimum atomic E-state index is -0.547. The Morgan fingerprint density at radius 2 is 2.00 bits per heavy atom. The molecule has 0 atom stereocenters. The maximum atomic E-state index is 12.6. The number of aliphatic hydroxyl groups excluding tert-OH is 1. The van der Waals surface area contributed by atoms with E-state index in [-0.39, 0.29) is 12.7 Å². The minimum absolute atomic E-state index is 0.140. The Balaban J connectivity index is 2.11. The molecule has 1 fully saturated rings. The van der Waals surface area contributed by atoms with Crippen molar-refractivity contribution in [2.75, 3.05) is 11.4 Å². The van der Waals surface area contributed by atoms with Crippen molar-refractivity contribution in [3.8, 4) is 0 Å². The molecule has 1 N–H and O–H groups in total. The summed E-state index contributed by atoms with van der Waals surface area (Å²) in [5, 5.41) is 9.31. The second-order valence-electron chi connectivity index (χ2n) is 7.57. The zero-order valence-electron chi connectivity index (χ0n) is 15.1. The van der Waals surface area contributed by atoms with Gasteiger partial charge in [0.15, 0.2) is 0 Å². The Hall–Kier alpha value is -1.62. The Kier molecular flexibility index (Phi) is 6.60. The number of hydrogen-bond acceptors (Lipinski definition) is 4. The summed E-state index contributed by atoms with van der Waals surface area (Å²) >= 11 is 0. The molecule has 1 saturated carbocycles. The number of carbonyl (C=O) groups is 1. The van der Waals surface area contributed by atoms with Crippen LogP contribution in [0, 0.1) is 5.92 Å². The average molecular weight is 334 g/mol. The van der Waals surface area contributed by atoms with Gasteiger partial charge in [0, 0.05) is 6.54 Å². The van der Waals surface area contributed by atoms with Gasteiger partial charge in [-0.25, -0.2) is 9.78 Å². The zero-order valence-corrected chi connectivity index (χ0v) is 15.1. The molecule has 0 unspecified atom stereocenters. The highest BCUT2D eigenvalue weighted by Crippen LogP contribution is 2.27. The molecule has 134 valence electrons. The lowest BCUT2D eigenvalue weighted by Gasteiger charge is -2.29. The largest absolute Gasteiger partial charge is 0.443 e. The van der Waals surface area contributed by atoms with E-state index in [2.05, 4.69) is 4.98 Å². The van der Waals surface area contributed by atoms with Crippen molar-refractivity contribution in [3.05, 3.63) is 23.9 Å². The second kappa shape index (κ2) is 8.47. The van der Waals surface area contributed by atoms with E-state index in [9.17, 15) is 9.90 Å². The molecule has 1 heterocycles. The van der Waals surface area contributed by atoms with E-state index < -0.39 is 5.60 Å². The first-order chi connectivity index (χ1) is 11.4. The number of rotatable bonds is 5. The van der Waals surface area contributed by atoms with Crippen molar-refractivity contribution < 1.29 is 14.6 Å². The Morgan fingerprint density at radius 1 is 1.29 bits per heavy atom. The van der Waals surface area contributed by atoms with E-state index in [0.717, 1.165) is 6.42 Å². The highest BCUT2D eigenvalue weighted by Gasteiger charge is 2.25. The highest BCUT2D eigenvalue weighted by molar-refractivity contribution is 5.86. The summed E-state index contributed by atoms with van der Waals surface area (Å²) in [5.41, 5.74) is 0.00751. The topological polar surface area (TPSA) is 62.7 Å². The number of aliphatic hydroxyl groups is 1. The maximum absolute atomic E-state index is 12.6. The normalized spacial score (nSPS) is 16.0. The van der Waals surface area contributed by atoms with Crippen LogP contribution in [0.5, 0.6) is 0 Å². The van der Waals surface area contributed by atoms with Gasteiger partial charge in [-0.05, 0) is 45.2 Å². The molecule has 1 aliphatic rings. The number of pyridine rings is 1. The number of carbonyl (C=O) groups excluding carboxylic acids is 1. The van der Waals surface area contributed by atoms with Gasteiger partial charge in [-0.3, -0.25) is 4.90 Å². The molecular weight excluding hydrogens is 304 g/mol. The summed E-state index contributed by atoms with van der Waals surface area (Å²) in [4.78, 5) is 18.6. The molecule has 0 aromatic carbocycles. The van der Waals surface area contributed by atoms with Crippen LogP contribution in [0.25, 0.3) is 0 Å². The molecule has 0 aliphatic heterocycles. The summed E-state index contributed by atoms with van der Waals surface area (Å²) < 4.78 is 5.55. The fourth-order valence-electron chi connectivity index (χ4n) is 3.11. The average Bonchev–Trinajstić information content (AvgIpc) is 2.54. The Bertz CT molecular complexity index is 534. The van der Waals surface area contributed by atoms with E-state index in [4.69, 9.17) is 4.74 Å². The fraction of sp³-hybridized carbons (Fsp3) is 0.684. The highest BCUT2D eigenvalue weighted by atomic mass is 16.6. The first-order valence-corrected chi connectivity index (χ1v) is 8.96. The van der Waals surface area contributed by atoms with E-state index in [1.807, 2.05) is 26.8 Å².